The standard InChI is InChI=1S/C27H26N4O2/c1-20-9-5-6-12-22(20)26-23(19-31(29-26)21-10-3-2-4-11-21)27(32)28-24-13-7-8-14-25(24)30-15-17-33-18-16-30/h2-14,19H,15-18H2,1H3,(H,28,32). The minimum atomic E-state index is -0.184. The summed E-state index contributed by atoms with van der Waals surface area (Å²) in [5.74, 6) is -0.184. The van der Waals surface area contributed by atoms with Crippen molar-refractivity contribution in [2.45, 2.75) is 6.92 Å². The van der Waals surface area contributed by atoms with Crippen LogP contribution < -0.4 is 10.2 Å². The molecule has 1 aromatic heterocycles. The Hall–Kier alpha value is -3.90. The van der Waals surface area contributed by atoms with Gasteiger partial charge in [0.2, 0.25) is 0 Å². The number of rotatable bonds is 5. The molecule has 1 N–H and O–H groups in total. The van der Waals surface area contributed by atoms with Gasteiger partial charge >= 0.3 is 0 Å². The molecule has 6 nitrogen and oxygen atoms in total. The predicted octanol–water partition coefficient (Wildman–Crippen LogP) is 4.94. The summed E-state index contributed by atoms with van der Waals surface area (Å²) in [4.78, 5) is 15.8. The first-order valence-corrected chi connectivity index (χ1v) is 11.1. The van der Waals surface area contributed by atoms with E-state index in [1.54, 1.807) is 4.68 Å². The topological polar surface area (TPSA) is 59.4 Å². The second-order valence-corrected chi connectivity index (χ2v) is 8.06. The van der Waals surface area contributed by atoms with Crippen molar-refractivity contribution in [2.75, 3.05) is 36.5 Å². The van der Waals surface area contributed by atoms with Crippen molar-refractivity contribution >= 4 is 17.3 Å². The van der Waals surface area contributed by atoms with Gasteiger partial charge in [0.05, 0.1) is 35.8 Å². The molecule has 0 radical (unpaired) electrons. The van der Waals surface area contributed by atoms with Crippen LogP contribution in [0.5, 0.6) is 0 Å². The minimum Gasteiger partial charge on any atom is -0.378 e. The molecule has 0 spiro atoms. The molecule has 33 heavy (non-hydrogen) atoms. The third kappa shape index (κ3) is 4.38. The van der Waals surface area contributed by atoms with E-state index in [0.717, 1.165) is 41.3 Å². The summed E-state index contributed by atoms with van der Waals surface area (Å²) in [6.45, 7) is 5.00. The lowest BCUT2D eigenvalue weighted by Crippen LogP contribution is -2.36. The van der Waals surface area contributed by atoms with Crippen LogP contribution in [0.2, 0.25) is 0 Å². The second kappa shape index (κ2) is 9.30. The highest BCUT2D eigenvalue weighted by molar-refractivity contribution is 6.09. The molecule has 6 heteroatoms. The van der Waals surface area contributed by atoms with Crippen LogP contribution in [0.25, 0.3) is 16.9 Å². The fourth-order valence-corrected chi connectivity index (χ4v) is 4.14. The van der Waals surface area contributed by atoms with E-state index in [4.69, 9.17) is 9.84 Å². The lowest BCUT2D eigenvalue weighted by molar-refractivity contribution is 0.102. The number of hydrogen-bond donors (Lipinski definition) is 1. The summed E-state index contributed by atoms with van der Waals surface area (Å²) >= 11 is 0. The molecule has 1 saturated heterocycles. The predicted molar refractivity (Wildman–Crippen MR) is 131 cm³/mol. The smallest absolute Gasteiger partial charge is 0.259 e. The summed E-state index contributed by atoms with van der Waals surface area (Å²) in [5.41, 5.74) is 5.90. The summed E-state index contributed by atoms with van der Waals surface area (Å²) < 4.78 is 7.26. The number of nitrogens with zero attached hydrogens (tertiary/aromatic N) is 3. The van der Waals surface area contributed by atoms with Gasteiger partial charge in [0, 0.05) is 24.8 Å². The first-order valence-electron chi connectivity index (χ1n) is 11.1. The zero-order valence-corrected chi connectivity index (χ0v) is 18.6. The van der Waals surface area contributed by atoms with Crippen molar-refractivity contribution in [3.8, 4) is 16.9 Å². The number of para-hydroxylation sites is 3. The van der Waals surface area contributed by atoms with Crippen molar-refractivity contribution in [3.05, 3.63) is 96.2 Å². The number of anilines is 2. The molecule has 1 aliphatic rings. The molecule has 0 aliphatic carbocycles. The highest BCUT2D eigenvalue weighted by Crippen LogP contribution is 2.30. The van der Waals surface area contributed by atoms with Gasteiger partial charge in [-0.2, -0.15) is 5.10 Å². The summed E-state index contributed by atoms with van der Waals surface area (Å²) in [7, 11) is 0. The Bertz CT molecular complexity index is 1260. The number of carbonyl (C=O) groups excluding carboxylic acids is 1. The summed E-state index contributed by atoms with van der Waals surface area (Å²) in [6.07, 6.45) is 1.81. The van der Waals surface area contributed by atoms with Crippen LogP contribution in [0.15, 0.2) is 85.1 Å². The lowest BCUT2D eigenvalue weighted by atomic mass is 10.0. The number of nitrogens with one attached hydrogen (secondary N) is 1. The average molecular weight is 439 g/mol. The van der Waals surface area contributed by atoms with E-state index in [9.17, 15) is 4.79 Å². The Kier molecular flexibility index (Phi) is 5.91. The Labute approximate surface area is 193 Å². The van der Waals surface area contributed by atoms with Crippen molar-refractivity contribution in [2.24, 2.45) is 0 Å². The number of morpholine rings is 1. The SMILES string of the molecule is Cc1ccccc1-c1nn(-c2ccccc2)cc1C(=O)Nc1ccccc1N1CCOCC1. The molecule has 1 aliphatic heterocycles. The Morgan fingerprint density at radius 3 is 2.39 bits per heavy atom. The van der Waals surface area contributed by atoms with Gasteiger partial charge in [-0.15, -0.1) is 0 Å². The van der Waals surface area contributed by atoms with E-state index in [0.29, 0.717) is 24.5 Å². The molecule has 1 fully saturated rings. The van der Waals surface area contributed by atoms with Gasteiger partial charge in [0.1, 0.15) is 5.69 Å². The van der Waals surface area contributed by atoms with Crippen LogP contribution >= 0.6 is 0 Å². The van der Waals surface area contributed by atoms with Crippen LogP contribution in [-0.4, -0.2) is 42.0 Å². The van der Waals surface area contributed by atoms with Gasteiger partial charge in [0.25, 0.3) is 5.91 Å². The number of amides is 1. The number of aromatic nitrogens is 2. The second-order valence-electron chi connectivity index (χ2n) is 8.06. The van der Waals surface area contributed by atoms with E-state index in [2.05, 4.69) is 10.2 Å². The maximum absolute atomic E-state index is 13.6. The van der Waals surface area contributed by atoms with Crippen molar-refractivity contribution < 1.29 is 9.53 Å². The molecule has 2 heterocycles. The van der Waals surface area contributed by atoms with Crippen molar-refractivity contribution in [1.29, 1.82) is 0 Å². The molecule has 0 atom stereocenters. The van der Waals surface area contributed by atoms with E-state index in [-0.39, 0.29) is 5.91 Å². The van der Waals surface area contributed by atoms with Crippen LogP contribution in [-0.2, 0) is 4.74 Å². The van der Waals surface area contributed by atoms with Gasteiger partial charge in [-0.1, -0.05) is 54.6 Å². The van der Waals surface area contributed by atoms with Gasteiger partial charge in [0.15, 0.2) is 0 Å². The third-order valence-electron chi connectivity index (χ3n) is 5.88. The van der Waals surface area contributed by atoms with Crippen LogP contribution in [0.1, 0.15) is 15.9 Å². The number of ether oxygens (including phenoxy) is 1. The minimum absolute atomic E-state index is 0.184. The number of aryl methyl sites for hydroxylation is 1. The van der Waals surface area contributed by atoms with Gasteiger partial charge < -0.3 is 15.0 Å². The first-order chi connectivity index (χ1) is 16.2. The summed E-state index contributed by atoms with van der Waals surface area (Å²) in [6, 6.07) is 25.8. The van der Waals surface area contributed by atoms with Crippen molar-refractivity contribution in [3.63, 3.8) is 0 Å². The largest absolute Gasteiger partial charge is 0.378 e. The monoisotopic (exact) mass is 438 g/mol. The van der Waals surface area contributed by atoms with E-state index in [1.807, 2.05) is 92.0 Å². The zero-order chi connectivity index (χ0) is 22.6. The number of hydrogen-bond acceptors (Lipinski definition) is 4. The molecule has 0 saturated carbocycles. The van der Waals surface area contributed by atoms with Crippen LogP contribution in [0.4, 0.5) is 11.4 Å². The fourth-order valence-electron chi connectivity index (χ4n) is 4.14. The third-order valence-corrected chi connectivity index (χ3v) is 5.88. The molecule has 4 aromatic rings. The van der Waals surface area contributed by atoms with E-state index in [1.165, 1.54) is 0 Å². The molecule has 5 rings (SSSR count). The molecular formula is C27H26N4O2. The highest BCUT2D eigenvalue weighted by atomic mass is 16.5. The maximum Gasteiger partial charge on any atom is 0.259 e. The Morgan fingerprint density at radius 1 is 0.909 bits per heavy atom. The maximum atomic E-state index is 13.6. The fraction of sp³-hybridized carbons (Fsp3) is 0.185. The van der Waals surface area contributed by atoms with E-state index < -0.39 is 0 Å². The van der Waals surface area contributed by atoms with Gasteiger partial charge in [-0.05, 0) is 36.8 Å². The summed E-state index contributed by atoms with van der Waals surface area (Å²) in [5, 5.41) is 7.96. The van der Waals surface area contributed by atoms with Crippen LogP contribution in [0.3, 0.4) is 0 Å². The Balaban J connectivity index is 1.53. The molecule has 3 aromatic carbocycles. The molecular weight excluding hydrogens is 412 g/mol. The van der Waals surface area contributed by atoms with Crippen LogP contribution in [0, 0.1) is 6.92 Å². The van der Waals surface area contributed by atoms with E-state index >= 15 is 0 Å². The Morgan fingerprint density at radius 2 is 1.61 bits per heavy atom. The molecule has 0 unspecified atom stereocenters. The number of carbonyl (C=O) groups is 1. The van der Waals surface area contributed by atoms with Gasteiger partial charge in [-0.25, -0.2) is 4.68 Å². The molecule has 0 bridgehead atoms. The lowest BCUT2D eigenvalue weighted by Gasteiger charge is -2.30. The average Bonchev–Trinajstić information content (AvgIpc) is 3.31. The highest BCUT2D eigenvalue weighted by Gasteiger charge is 2.22. The molecule has 1 amide bonds. The zero-order valence-electron chi connectivity index (χ0n) is 18.6. The van der Waals surface area contributed by atoms with Gasteiger partial charge in [-0.3, -0.25) is 4.79 Å². The normalized spacial score (nSPS) is 13.7. The quantitative estimate of drug-likeness (QED) is 0.480. The first kappa shape index (κ1) is 21.0. The number of benzene rings is 3. The van der Waals surface area contributed by atoms with Crippen molar-refractivity contribution in [1.82, 2.24) is 9.78 Å². The molecule has 166 valence electrons.